The van der Waals surface area contributed by atoms with Crippen molar-refractivity contribution in [3.05, 3.63) is 16.6 Å². The maximum atomic E-state index is 12.3. The lowest BCUT2D eigenvalue weighted by Gasteiger charge is -2.26. The molecule has 1 aromatic rings. The third-order valence-corrected chi connectivity index (χ3v) is 4.39. The standard InChI is InChI=1S/C13H19N3O3S/c1-2-10(12-14-5-7-20-12)15-13(19)16-6-3-4-9(16)8-11(17)18/h5,7,9-10H,2-4,6,8H2,1H3,(H,15,19)(H,17,18). The lowest BCUT2D eigenvalue weighted by atomic mass is 10.1. The summed E-state index contributed by atoms with van der Waals surface area (Å²) in [6.45, 7) is 2.61. The van der Waals surface area contributed by atoms with Crippen LogP contribution in [0.2, 0.25) is 0 Å². The summed E-state index contributed by atoms with van der Waals surface area (Å²) in [6.07, 6.45) is 4.11. The molecule has 2 atom stereocenters. The van der Waals surface area contributed by atoms with Gasteiger partial charge in [-0.05, 0) is 19.3 Å². The summed E-state index contributed by atoms with van der Waals surface area (Å²) in [4.78, 5) is 29.0. The molecule has 1 aliphatic heterocycles. The minimum atomic E-state index is -0.860. The number of carboxylic acid groups (broad SMARTS) is 1. The zero-order valence-corrected chi connectivity index (χ0v) is 12.2. The predicted molar refractivity (Wildman–Crippen MR) is 75.7 cm³/mol. The summed E-state index contributed by atoms with van der Waals surface area (Å²) in [6, 6.07) is -0.481. The Labute approximate surface area is 121 Å². The molecule has 0 aliphatic carbocycles. The Morgan fingerprint density at radius 2 is 2.45 bits per heavy atom. The topological polar surface area (TPSA) is 82.5 Å². The van der Waals surface area contributed by atoms with Gasteiger partial charge in [-0.3, -0.25) is 4.79 Å². The van der Waals surface area contributed by atoms with Crippen LogP contribution in [0.4, 0.5) is 4.79 Å². The number of hydrogen-bond donors (Lipinski definition) is 2. The molecule has 1 fully saturated rings. The monoisotopic (exact) mass is 297 g/mol. The number of aromatic nitrogens is 1. The van der Waals surface area contributed by atoms with Crippen LogP contribution in [0.15, 0.2) is 11.6 Å². The second-order valence-electron chi connectivity index (χ2n) is 4.87. The van der Waals surface area contributed by atoms with Crippen molar-refractivity contribution in [2.45, 2.75) is 44.7 Å². The van der Waals surface area contributed by atoms with E-state index in [2.05, 4.69) is 10.3 Å². The number of hydrogen-bond acceptors (Lipinski definition) is 4. The Hall–Kier alpha value is -1.63. The second kappa shape index (κ2) is 6.69. The van der Waals surface area contributed by atoms with Gasteiger partial charge in [-0.15, -0.1) is 11.3 Å². The average molecular weight is 297 g/mol. The van der Waals surface area contributed by atoms with Crippen molar-refractivity contribution >= 4 is 23.3 Å². The highest BCUT2D eigenvalue weighted by Crippen LogP contribution is 2.23. The van der Waals surface area contributed by atoms with Crippen LogP contribution in [0.25, 0.3) is 0 Å². The van der Waals surface area contributed by atoms with Crippen LogP contribution in [-0.2, 0) is 4.79 Å². The largest absolute Gasteiger partial charge is 0.481 e. The highest BCUT2D eigenvalue weighted by Gasteiger charge is 2.31. The van der Waals surface area contributed by atoms with Crippen LogP contribution in [0.5, 0.6) is 0 Å². The maximum Gasteiger partial charge on any atom is 0.318 e. The summed E-state index contributed by atoms with van der Waals surface area (Å²) >= 11 is 1.51. The van der Waals surface area contributed by atoms with Gasteiger partial charge in [0.15, 0.2) is 0 Å². The number of rotatable bonds is 5. The van der Waals surface area contributed by atoms with Crippen LogP contribution in [-0.4, -0.2) is 39.6 Å². The number of urea groups is 1. The number of thiazole rings is 1. The van der Waals surface area contributed by atoms with E-state index in [9.17, 15) is 9.59 Å². The van der Waals surface area contributed by atoms with Gasteiger partial charge in [-0.2, -0.15) is 0 Å². The van der Waals surface area contributed by atoms with Crippen LogP contribution >= 0.6 is 11.3 Å². The van der Waals surface area contributed by atoms with Crippen LogP contribution in [0.1, 0.15) is 43.7 Å². The molecule has 0 radical (unpaired) electrons. The fraction of sp³-hybridized carbons (Fsp3) is 0.615. The molecule has 2 N–H and O–H groups in total. The molecule has 0 aromatic carbocycles. The fourth-order valence-corrected chi connectivity index (χ4v) is 3.27. The Balaban J connectivity index is 1.98. The van der Waals surface area contributed by atoms with E-state index < -0.39 is 5.97 Å². The van der Waals surface area contributed by atoms with Crippen molar-refractivity contribution in [2.75, 3.05) is 6.54 Å². The SMILES string of the molecule is CCC(NC(=O)N1CCCC1CC(=O)O)c1nccs1. The van der Waals surface area contributed by atoms with E-state index in [1.54, 1.807) is 11.1 Å². The van der Waals surface area contributed by atoms with Crippen molar-refractivity contribution in [1.29, 1.82) is 0 Å². The number of carbonyl (C=O) groups excluding carboxylic acids is 1. The van der Waals surface area contributed by atoms with Gasteiger partial charge in [-0.1, -0.05) is 6.92 Å². The predicted octanol–water partition coefficient (Wildman–Crippen LogP) is 2.24. The van der Waals surface area contributed by atoms with E-state index in [0.717, 1.165) is 24.3 Å². The Morgan fingerprint density at radius 3 is 3.05 bits per heavy atom. The van der Waals surface area contributed by atoms with E-state index in [1.165, 1.54) is 11.3 Å². The second-order valence-corrected chi connectivity index (χ2v) is 5.79. The molecule has 2 amide bonds. The van der Waals surface area contributed by atoms with Crippen LogP contribution < -0.4 is 5.32 Å². The third kappa shape index (κ3) is 3.47. The molecule has 2 heterocycles. The molecule has 0 spiro atoms. The zero-order chi connectivity index (χ0) is 14.5. The van der Waals surface area contributed by atoms with E-state index in [0.29, 0.717) is 6.54 Å². The van der Waals surface area contributed by atoms with Crippen molar-refractivity contribution < 1.29 is 14.7 Å². The summed E-state index contributed by atoms with van der Waals surface area (Å²) < 4.78 is 0. The zero-order valence-electron chi connectivity index (χ0n) is 11.4. The molecule has 2 unspecified atom stereocenters. The fourth-order valence-electron chi connectivity index (χ4n) is 2.49. The molecule has 2 rings (SSSR count). The van der Waals surface area contributed by atoms with Gasteiger partial charge in [0.05, 0.1) is 12.5 Å². The first kappa shape index (κ1) is 14.8. The van der Waals surface area contributed by atoms with E-state index in [1.807, 2.05) is 12.3 Å². The lowest BCUT2D eigenvalue weighted by Crippen LogP contribution is -2.44. The molecule has 0 bridgehead atoms. The molecular formula is C13H19N3O3S. The quantitative estimate of drug-likeness (QED) is 0.873. The summed E-state index contributed by atoms with van der Waals surface area (Å²) in [5.74, 6) is -0.860. The van der Waals surface area contributed by atoms with Gasteiger partial charge in [0, 0.05) is 24.2 Å². The van der Waals surface area contributed by atoms with E-state index in [-0.39, 0.29) is 24.5 Å². The lowest BCUT2D eigenvalue weighted by molar-refractivity contribution is -0.137. The number of aliphatic carboxylic acids is 1. The molecule has 1 aliphatic rings. The third-order valence-electron chi connectivity index (χ3n) is 3.50. The van der Waals surface area contributed by atoms with Crippen molar-refractivity contribution in [1.82, 2.24) is 15.2 Å². The Morgan fingerprint density at radius 1 is 1.65 bits per heavy atom. The molecule has 110 valence electrons. The van der Waals surface area contributed by atoms with Crippen molar-refractivity contribution in [3.8, 4) is 0 Å². The molecule has 1 saturated heterocycles. The van der Waals surface area contributed by atoms with Gasteiger partial charge in [-0.25, -0.2) is 9.78 Å². The number of amides is 2. The normalized spacial score (nSPS) is 19.9. The van der Waals surface area contributed by atoms with Crippen LogP contribution in [0.3, 0.4) is 0 Å². The summed E-state index contributed by atoms with van der Waals surface area (Å²) in [7, 11) is 0. The molecule has 1 aromatic heterocycles. The number of nitrogens with zero attached hydrogens (tertiary/aromatic N) is 2. The number of nitrogens with one attached hydrogen (secondary N) is 1. The van der Waals surface area contributed by atoms with E-state index in [4.69, 9.17) is 5.11 Å². The minimum absolute atomic E-state index is 0.0153. The van der Waals surface area contributed by atoms with E-state index >= 15 is 0 Å². The van der Waals surface area contributed by atoms with Gasteiger partial charge in [0.1, 0.15) is 5.01 Å². The van der Waals surface area contributed by atoms with Gasteiger partial charge in [0.2, 0.25) is 0 Å². The van der Waals surface area contributed by atoms with Gasteiger partial charge < -0.3 is 15.3 Å². The molecule has 0 saturated carbocycles. The Bertz CT molecular complexity index is 463. The van der Waals surface area contributed by atoms with Gasteiger partial charge in [0.25, 0.3) is 0 Å². The molecule has 6 nitrogen and oxygen atoms in total. The maximum absolute atomic E-state index is 12.3. The summed E-state index contributed by atoms with van der Waals surface area (Å²) in [5, 5.41) is 14.6. The average Bonchev–Trinajstić information content (AvgIpc) is 3.05. The number of likely N-dealkylation sites (tertiary alicyclic amines) is 1. The number of carbonyl (C=O) groups is 2. The first-order valence-corrected chi connectivity index (χ1v) is 7.68. The highest BCUT2D eigenvalue weighted by atomic mass is 32.1. The smallest absolute Gasteiger partial charge is 0.318 e. The first-order chi connectivity index (χ1) is 9.61. The summed E-state index contributed by atoms with van der Waals surface area (Å²) in [5.41, 5.74) is 0. The first-order valence-electron chi connectivity index (χ1n) is 6.80. The van der Waals surface area contributed by atoms with Gasteiger partial charge >= 0.3 is 12.0 Å². The highest BCUT2D eigenvalue weighted by molar-refractivity contribution is 7.09. The number of carboxylic acids is 1. The minimum Gasteiger partial charge on any atom is -0.481 e. The van der Waals surface area contributed by atoms with Crippen molar-refractivity contribution in [3.63, 3.8) is 0 Å². The Kier molecular flexibility index (Phi) is 4.94. The molecule has 7 heteroatoms. The van der Waals surface area contributed by atoms with Crippen molar-refractivity contribution in [2.24, 2.45) is 0 Å². The molecular weight excluding hydrogens is 278 g/mol. The molecule has 20 heavy (non-hydrogen) atoms. The van der Waals surface area contributed by atoms with Crippen LogP contribution in [0, 0.1) is 0 Å².